The van der Waals surface area contributed by atoms with E-state index in [1.807, 2.05) is 60.7 Å². The molecule has 1 heterocycles. The molecular weight excluding hydrogens is 394 g/mol. The van der Waals surface area contributed by atoms with Crippen LogP contribution in [-0.4, -0.2) is 27.3 Å². The molecule has 0 bridgehead atoms. The van der Waals surface area contributed by atoms with Crippen LogP contribution in [0.25, 0.3) is 0 Å². The first kappa shape index (κ1) is 20.3. The lowest BCUT2D eigenvalue weighted by atomic mass is 9.84. The summed E-state index contributed by atoms with van der Waals surface area (Å²) < 4.78 is 0. The number of rotatable bonds is 7. The summed E-state index contributed by atoms with van der Waals surface area (Å²) in [4.78, 5) is 38.0. The molecule has 0 unspecified atom stereocenters. The fraction of sp³-hybridized carbons (Fsp3) is 0.167. The average molecular weight is 415 g/mol. The lowest BCUT2D eigenvalue weighted by Crippen LogP contribution is -2.51. The number of nitro benzene ring substituents is 1. The number of hydrogen-bond donors (Lipinski definition) is 1. The first-order valence-corrected chi connectivity index (χ1v) is 9.92. The van der Waals surface area contributed by atoms with Crippen molar-refractivity contribution >= 4 is 17.6 Å². The van der Waals surface area contributed by atoms with Gasteiger partial charge < -0.3 is 5.32 Å². The minimum absolute atomic E-state index is 0.0385. The van der Waals surface area contributed by atoms with Crippen molar-refractivity contribution in [3.63, 3.8) is 0 Å². The van der Waals surface area contributed by atoms with Gasteiger partial charge in [0.15, 0.2) is 0 Å². The van der Waals surface area contributed by atoms with E-state index in [0.717, 1.165) is 11.1 Å². The monoisotopic (exact) mass is 415 g/mol. The van der Waals surface area contributed by atoms with E-state index in [1.54, 1.807) is 12.1 Å². The smallest absolute Gasteiger partial charge is 0.322 e. The number of nitrogens with zero attached hydrogens (tertiary/aromatic N) is 2. The minimum atomic E-state index is -1.10. The van der Waals surface area contributed by atoms with Gasteiger partial charge in [0, 0.05) is 25.0 Å². The molecule has 3 aromatic rings. The van der Waals surface area contributed by atoms with E-state index >= 15 is 0 Å². The number of urea groups is 1. The van der Waals surface area contributed by atoms with Crippen molar-refractivity contribution in [2.24, 2.45) is 0 Å². The van der Waals surface area contributed by atoms with Crippen LogP contribution in [0.2, 0.25) is 0 Å². The summed E-state index contributed by atoms with van der Waals surface area (Å²) in [6.07, 6.45) is 0.730. The van der Waals surface area contributed by atoms with Crippen molar-refractivity contribution in [3.05, 3.63) is 112 Å². The summed E-state index contributed by atoms with van der Waals surface area (Å²) >= 11 is 0. The highest BCUT2D eigenvalue weighted by atomic mass is 16.6. The third-order valence-corrected chi connectivity index (χ3v) is 5.43. The molecule has 7 heteroatoms. The Morgan fingerprint density at radius 2 is 1.29 bits per heavy atom. The number of imide groups is 1. The maximum atomic E-state index is 13.6. The number of amides is 3. The minimum Gasteiger partial charge on any atom is -0.322 e. The lowest BCUT2D eigenvalue weighted by Gasteiger charge is -2.27. The van der Waals surface area contributed by atoms with Crippen molar-refractivity contribution in [1.82, 2.24) is 10.2 Å². The van der Waals surface area contributed by atoms with Gasteiger partial charge in [-0.25, -0.2) is 4.79 Å². The van der Waals surface area contributed by atoms with Gasteiger partial charge in [-0.1, -0.05) is 72.8 Å². The highest BCUT2D eigenvalue weighted by Crippen LogP contribution is 2.28. The maximum absolute atomic E-state index is 13.6. The number of benzene rings is 3. The summed E-state index contributed by atoms with van der Waals surface area (Å²) in [7, 11) is 0. The van der Waals surface area contributed by atoms with Gasteiger partial charge in [-0.3, -0.25) is 19.8 Å². The molecule has 0 spiro atoms. The second kappa shape index (κ2) is 8.39. The van der Waals surface area contributed by atoms with Crippen molar-refractivity contribution < 1.29 is 14.5 Å². The Hall–Kier alpha value is -4.00. The van der Waals surface area contributed by atoms with E-state index in [-0.39, 0.29) is 18.1 Å². The molecule has 0 aliphatic carbocycles. The first-order valence-electron chi connectivity index (χ1n) is 9.92. The number of carbonyl (C=O) groups excluding carboxylic acids is 2. The van der Waals surface area contributed by atoms with Crippen molar-refractivity contribution in [2.45, 2.75) is 24.9 Å². The van der Waals surface area contributed by atoms with Crippen LogP contribution in [0.1, 0.15) is 16.7 Å². The highest BCUT2D eigenvalue weighted by molar-refractivity contribution is 6.07. The third kappa shape index (κ3) is 4.30. The fourth-order valence-corrected chi connectivity index (χ4v) is 3.92. The summed E-state index contributed by atoms with van der Waals surface area (Å²) in [5.74, 6) is -0.302. The molecule has 0 aromatic heterocycles. The van der Waals surface area contributed by atoms with Crippen LogP contribution in [-0.2, 0) is 24.2 Å². The van der Waals surface area contributed by atoms with E-state index < -0.39 is 16.5 Å². The Labute approximate surface area is 179 Å². The predicted molar refractivity (Wildman–Crippen MR) is 115 cm³/mol. The largest absolute Gasteiger partial charge is 0.325 e. The SMILES string of the molecule is O=C1NC(Cc2ccccc2)(Cc2ccccc2)C(=O)N1Cc1ccc([N+](=O)[O-])cc1. The average Bonchev–Trinajstić information content (AvgIpc) is 2.99. The number of nitro groups is 1. The van der Waals surface area contributed by atoms with Gasteiger partial charge in [-0.05, 0) is 16.7 Å². The van der Waals surface area contributed by atoms with Crippen molar-refractivity contribution in [2.75, 3.05) is 0 Å². The zero-order valence-corrected chi connectivity index (χ0v) is 16.7. The molecule has 31 heavy (non-hydrogen) atoms. The van der Waals surface area contributed by atoms with Gasteiger partial charge >= 0.3 is 6.03 Å². The standard InChI is InChI=1S/C24H21N3O4/c28-22-24(15-18-7-3-1-4-8-18,16-19-9-5-2-6-10-19)25-23(29)26(22)17-20-11-13-21(14-12-20)27(30)31/h1-14H,15-17H2,(H,25,29). The summed E-state index contributed by atoms with van der Waals surface area (Å²) in [5, 5.41) is 13.8. The summed E-state index contributed by atoms with van der Waals surface area (Å²) in [6.45, 7) is 0.0496. The molecule has 3 aromatic carbocycles. The van der Waals surface area contributed by atoms with Crippen LogP contribution in [0.3, 0.4) is 0 Å². The van der Waals surface area contributed by atoms with Crippen LogP contribution >= 0.6 is 0 Å². The number of hydrogen-bond acceptors (Lipinski definition) is 4. The Bertz CT molecular complexity index is 1060. The molecule has 1 N–H and O–H groups in total. The molecule has 0 radical (unpaired) electrons. The second-order valence-corrected chi connectivity index (χ2v) is 7.65. The molecule has 3 amide bonds. The van der Waals surface area contributed by atoms with Gasteiger partial charge in [0.05, 0.1) is 11.5 Å². The Balaban J connectivity index is 1.63. The van der Waals surface area contributed by atoms with Crippen LogP contribution in [0, 0.1) is 10.1 Å². The summed E-state index contributed by atoms with van der Waals surface area (Å²) in [6, 6.07) is 24.6. The van der Waals surface area contributed by atoms with E-state index in [0.29, 0.717) is 18.4 Å². The molecule has 0 atom stereocenters. The van der Waals surface area contributed by atoms with Gasteiger partial charge in [0.25, 0.3) is 11.6 Å². The van der Waals surface area contributed by atoms with E-state index in [2.05, 4.69) is 5.32 Å². The van der Waals surface area contributed by atoms with E-state index in [1.165, 1.54) is 17.0 Å². The maximum Gasteiger partial charge on any atom is 0.325 e. The normalized spacial score (nSPS) is 15.0. The Morgan fingerprint density at radius 1 is 0.774 bits per heavy atom. The van der Waals surface area contributed by atoms with Gasteiger partial charge in [-0.2, -0.15) is 0 Å². The second-order valence-electron chi connectivity index (χ2n) is 7.65. The highest BCUT2D eigenvalue weighted by Gasteiger charge is 2.51. The Morgan fingerprint density at radius 3 is 1.77 bits per heavy atom. The predicted octanol–water partition coefficient (Wildman–Crippen LogP) is 3.87. The van der Waals surface area contributed by atoms with Crippen molar-refractivity contribution in [3.8, 4) is 0 Å². The van der Waals surface area contributed by atoms with Crippen LogP contribution in [0.15, 0.2) is 84.9 Å². The zero-order chi connectivity index (χ0) is 21.8. The molecule has 4 rings (SSSR count). The molecule has 1 fully saturated rings. The number of carbonyl (C=O) groups is 2. The van der Waals surface area contributed by atoms with E-state index in [4.69, 9.17) is 0 Å². The third-order valence-electron chi connectivity index (χ3n) is 5.43. The number of nitrogens with one attached hydrogen (secondary N) is 1. The molecule has 1 aliphatic rings. The van der Waals surface area contributed by atoms with Crippen LogP contribution in [0.4, 0.5) is 10.5 Å². The van der Waals surface area contributed by atoms with Crippen LogP contribution in [0.5, 0.6) is 0 Å². The van der Waals surface area contributed by atoms with Gasteiger partial charge in [0.1, 0.15) is 5.54 Å². The fourth-order valence-electron chi connectivity index (χ4n) is 3.92. The quantitative estimate of drug-likeness (QED) is 0.360. The molecular formula is C24H21N3O4. The van der Waals surface area contributed by atoms with Gasteiger partial charge in [0.2, 0.25) is 0 Å². The molecule has 1 saturated heterocycles. The summed E-state index contributed by atoms with van der Waals surface area (Å²) in [5.41, 5.74) is 1.40. The van der Waals surface area contributed by atoms with Gasteiger partial charge in [-0.15, -0.1) is 0 Å². The van der Waals surface area contributed by atoms with Crippen LogP contribution < -0.4 is 5.32 Å². The molecule has 1 aliphatic heterocycles. The zero-order valence-electron chi connectivity index (χ0n) is 16.7. The van der Waals surface area contributed by atoms with E-state index in [9.17, 15) is 19.7 Å². The number of non-ortho nitro benzene ring substituents is 1. The lowest BCUT2D eigenvalue weighted by molar-refractivity contribution is -0.384. The Kier molecular flexibility index (Phi) is 5.49. The molecule has 0 saturated carbocycles. The molecule has 7 nitrogen and oxygen atoms in total. The first-order chi connectivity index (χ1) is 15.0. The topological polar surface area (TPSA) is 92.6 Å². The van der Waals surface area contributed by atoms with Crippen molar-refractivity contribution in [1.29, 1.82) is 0 Å². The molecule has 156 valence electrons.